The van der Waals surface area contributed by atoms with Gasteiger partial charge < -0.3 is 9.84 Å². The van der Waals surface area contributed by atoms with Crippen molar-refractivity contribution in [2.45, 2.75) is 42.2 Å². The Morgan fingerprint density at radius 1 is 1.69 bits per heavy atom. The average Bonchev–Trinajstić information content (AvgIpc) is 2.81. The Bertz CT molecular complexity index is 247. The standard InChI is InChI=1S/C10H15BrO2/c1-7(2)10(12)8(11)4-3-5-9(10)6-13-9/h8,12H,1,3-6H2,2H3. The fraction of sp³-hybridized carbons (Fsp3) is 0.800. The van der Waals surface area contributed by atoms with Crippen molar-refractivity contribution in [2.75, 3.05) is 6.61 Å². The maximum Gasteiger partial charge on any atom is 0.129 e. The molecule has 3 atom stereocenters. The third kappa shape index (κ3) is 1.14. The molecule has 2 aliphatic rings. The summed E-state index contributed by atoms with van der Waals surface area (Å²) in [5.74, 6) is 0. The van der Waals surface area contributed by atoms with Gasteiger partial charge in [-0.2, -0.15) is 0 Å². The van der Waals surface area contributed by atoms with Crippen LogP contribution in [0.4, 0.5) is 0 Å². The molecule has 1 spiro atoms. The predicted molar refractivity (Wildman–Crippen MR) is 55.0 cm³/mol. The highest BCUT2D eigenvalue weighted by Gasteiger charge is 2.65. The molecule has 2 fully saturated rings. The van der Waals surface area contributed by atoms with Crippen LogP contribution in [0, 0.1) is 0 Å². The molecular weight excluding hydrogens is 232 g/mol. The summed E-state index contributed by atoms with van der Waals surface area (Å²) in [5.41, 5.74) is -0.358. The lowest BCUT2D eigenvalue weighted by molar-refractivity contribution is -0.0280. The monoisotopic (exact) mass is 246 g/mol. The Kier molecular flexibility index (Phi) is 2.10. The number of aliphatic hydroxyl groups is 1. The molecule has 74 valence electrons. The lowest BCUT2D eigenvalue weighted by Crippen LogP contribution is -2.55. The SMILES string of the molecule is C=C(C)C1(O)C(Br)CCCC12CO2. The minimum atomic E-state index is -0.856. The van der Waals surface area contributed by atoms with Crippen molar-refractivity contribution in [1.29, 1.82) is 0 Å². The minimum Gasteiger partial charge on any atom is -0.381 e. The molecule has 0 aromatic heterocycles. The first kappa shape index (κ1) is 9.69. The van der Waals surface area contributed by atoms with Crippen molar-refractivity contribution in [3.8, 4) is 0 Å². The van der Waals surface area contributed by atoms with Crippen LogP contribution < -0.4 is 0 Å². The maximum absolute atomic E-state index is 10.5. The van der Waals surface area contributed by atoms with Gasteiger partial charge in [0.1, 0.15) is 11.2 Å². The number of hydrogen-bond donors (Lipinski definition) is 1. The number of alkyl halides is 1. The number of halogens is 1. The number of epoxide rings is 1. The van der Waals surface area contributed by atoms with E-state index in [0.29, 0.717) is 6.61 Å². The molecular formula is C10H15BrO2. The Morgan fingerprint density at radius 3 is 2.69 bits per heavy atom. The molecule has 3 heteroatoms. The zero-order valence-corrected chi connectivity index (χ0v) is 9.43. The van der Waals surface area contributed by atoms with E-state index in [1.807, 2.05) is 6.92 Å². The van der Waals surface area contributed by atoms with Gasteiger partial charge >= 0.3 is 0 Å². The van der Waals surface area contributed by atoms with E-state index in [2.05, 4.69) is 22.5 Å². The third-order valence-corrected chi connectivity index (χ3v) is 4.45. The van der Waals surface area contributed by atoms with Crippen LogP contribution in [0.25, 0.3) is 0 Å². The van der Waals surface area contributed by atoms with E-state index in [1.165, 1.54) is 0 Å². The Hall–Kier alpha value is 0.140. The van der Waals surface area contributed by atoms with E-state index in [-0.39, 0.29) is 10.4 Å². The molecule has 13 heavy (non-hydrogen) atoms. The molecule has 3 unspecified atom stereocenters. The second kappa shape index (κ2) is 2.81. The molecule has 0 aromatic rings. The highest BCUT2D eigenvalue weighted by Crippen LogP contribution is 2.53. The molecule has 1 heterocycles. The maximum atomic E-state index is 10.5. The van der Waals surface area contributed by atoms with Gasteiger partial charge in [-0.15, -0.1) is 0 Å². The van der Waals surface area contributed by atoms with Gasteiger partial charge in [-0.05, 0) is 31.8 Å². The van der Waals surface area contributed by atoms with Crippen molar-refractivity contribution < 1.29 is 9.84 Å². The van der Waals surface area contributed by atoms with E-state index in [1.54, 1.807) is 0 Å². The summed E-state index contributed by atoms with van der Waals surface area (Å²) in [5, 5.41) is 10.5. The van der Waals surface area contributed by atoms with Crippen LogP contribution in [-0.2, 0) is 4.74 Å². The largest absolute Gasteiger partial charge is 0.381 e. The zero-order chi connectivity index (χ0) is 9.69. The molecule has 0 bridgehead atoms. The highest BCUT2D eigenvalue weighted by molar-refractivity contribution is 9.09. The summed E-state index contributed by atoms with van der Waals surface area (Å²) in [6.45, 7) is 6.43. The Morgan fingerprint density at radius 2 is 2.31 bits per heavy atom. The van der Waals surface area contributed by atoms with Gasteiger partial charge in [-0.3, -0.25) is 0 Å². The average molecular weight is 247 g/mol. The summed E-state index contributed by atoms with van der Waals surface area (Å²) in [7, 11) is 0. The summed E-state index contributed by atoms with van der Waals surface area (Å²) < 4.78 is 5.44. The molecule has 0 amide bonds. The summed E-state index contributed by atoms with van der Waals surface area (Å²) in [4.78, 5) is 0.0914. The van der Waals surface area contributed by atoms with Crippen LogP contribution in [0.5, 0.6) is 0 Å². The van der Waals surface area contributed by atoms with E-state index < -0.39 is 5.60 Å². The number of hydrogen-bond acceptors (Lipinski definition) is 2. The molecule has 1 aliphatic carbocycles. The predicted octanol–water partition coefficient (Wildman–Crippen LogP) is 2.01. The van der Waals surface area contributed by atoms with Crippen molar-refractivity contribution >= 4 is 15.9 Å². The van der Waals surface area contributed by atoms with Crippen molar-refractivity contribution in [1.82, 2.24) is 0 Å². The van der Waals surface area contributed by atoms with Crippen LogP contribution in [0.1, 0.15) is 26.2 Å². The highest BCUT2D eigenvalue weighted by atomic mass is 79.9. The Labute approximate surface area is 87.1 Å². The molecule has 1 saturated carbocycles. The van der Waals surface area contributed by atoms with Gasteiger partial charge in [0.05, 0.1) is 11.4 Å². The summed E-state index contributed by atoms with van der Waals surface area (Å²) in [6, 6.07) is 0. The van der Waals surface area contributed by atoms with Crippen molar-refractivity contribution in [3.63, 3.8) is 0 Å². The fourth-order valence-corrected chi connectivity index (χ4v) is 3.49. The second-order valence-electron chi connectivity index (χ2n) is 4.19. The summed E-state index contributed by atoms with van der Waals surface area (Å²) >= 11 is 3.54. The lowest BCUT2D eigenvalue weighted by atomic mass is 9.72. The fourth-order valence-electron chi connectivity index (χ4n) is 2.36. The first-order valence-electron chi connectivity index (χ1n) is 4.69. The van der Waals surface area contributed by atoms with Gasteiger partial charge in [0.15, 0.2) is 0 Å². The molecule has 1 saturated heterocycles. The number of ether oxygens (including phenoxy) is 1. The zero-order valence-electron chi connectivity index (χ0n) is 7.85. The lowest BCUT2D eigenvalue weighted by Gasteiger charge is -2.42. The quantitative estimate of drug-likeness (QED) is 0.436. The van der Waals surface area contributed by atoms with Crippen LogP contribution in [-0.4, -0.2) is 27.7 Å². The van der Waals surface area contributed by atoms with Crippen LogP contribution >= 0.6 is 15.9 Å². The van der Waals surface area contributed by atoms with E-state index in [0.717, 1.165) is 24.8 Å². The Balaban J connectivity index is 2.34. The first-order valence-corrected chi connectivity index (χ1v) is 5.61. The molecule has 2 rings (SSSR count). The molecule has 0 aromatic carbocycles. The molecule has 0 radical (unpaired) electrons. The van der Waals surface area contributed by atoms with E-state index in [9.17, 15) is 5.11 Å². The smallest absolute Gasteiger partial charge is 0.129 e. The van der Waals surface area contributed by atoms with Gasteiger partial charge in [0, 0.05) is 0 Å². The molecule has 2 nitrogen and oxygen atoms in total. The van der Waals surface area contributed by atoms with Gasteiger partial charge in [-0.25, -0.2) is 0 Å². The van der Waals surface area contributed by atoms with Crippen LogP contribution in [0.2, 0.25) is 0 Å². The molecule has 1 N–H and O–H groups in total. The minimum absolute atomic E-state index is 0.0914. The van der Waals surface area contributed by atoms with Crippen molar-refractivity contribution in [3.05, 3.63) is 12.2 Å². The third-order valence-electron chi connectivity index (χ3n) is 3.33. The number of rotatable bonds is 1. The van der Waals surface area contributed by atoms with E-state index >= 15 is 0 Å². The topological polar surface area (TPSA) is 32.8 Å². The van der Waals surface area contributed by atoms with Gasteiger partial charge in [0.25, 0.3) is 0 Å². The van der Waals surface area contributed by atoms with E-state index in [4.69, 9.17) is 4.74 Å². The normalized spacial score (nSPS) is 49.3. The van der Waals surface area contributed by atoms with Crippen LogP contribution in [0.15, 0.2) is 12.2 Å². The van der Waals surface area contributed by atoms with Crippen LogP contribution in [0.3, 0.4) is 0 Å². The van der Waals surface area contributed by atoms with Gasteiger partial charge in [0.2, 0.25) is 0 Å². The summed E-state index contributed by atoms with van der Waals surface area (Å²) in [6.07, 6.45) is 3.07. The van der Waals surface area contributed by atoms with Crippen molar-refractivity contribution in [2.24, 2.45) is 0 Å². The second-order valence-corrected chi connectivity index (χ2v) is 5.29. The molecule has 1 aliphatic heterocycles. The van der Waals surface area contributed by atoms with Gasteiger partial charge in [-0.1, -0.05) is 22.5 Å². The first-order chi connectivity index (χ1) is 6.03.